The molecule has 4 nitrogen and oxygen atoms in total. The van der Waals surface area contributed by atoms with Gasteiger partial charge in [0.15, 0.2) is 11.5 Å². The first-order valence-electron chi connectivity index (χ1n) is 7.99. The normalized spacial score (nSPS) is 21.8. The Morgan fingerprint density at radius 2 is 1.92 bits per heavy atom. The van der Waals surface area contributed by atoms with Crippen molar-refractivity contribution in [2.24, 2.45) is 5.92 Å². The minimum absolute atomic E-state index is 0.00542. The van der Waals surface area contributed by atoms with Crippen LogP contribution < -0.4 is 4.90 Å². The number of nitrogens with zero attached hydrogens (tertiary/aromatic N) is 4. The van der Waals surface area contributed by atoms with E-state index in [4.69, 9.17) is 0 Å². The summed E-state index contributed by atoms with van der Waals surface area (Å²) in [6.45, 7) is 4.81. The molecule has 1 aliphatic rings. The predicted molar refractivity (Wildman–Crippen MR) is 85.5 cm³/mol. The Morgan fingerprint density at radius 1 is 1.12 bits per heavy atom. The lowest BCUT2D eigenvalue weighted by atomic mass is 9.95. The zero-order valence-corrected chi connectivity index (χ0v) is 13.6. The molecule has 2 aromatic rings. The SMILES string of the molecule is CC1CCC(C)N(c2cc(C(F)(F)F)nc(-c3ccccn3)n2)C1. The monoisotopic (exact) mass is 336 g/mol. The molecule has 128 valence electrons. The van der Waals surface area contributed by atoms with Crippen molar-refractivity contribution in [1.82, 2.24) is 15.0 Å². The molecule has 0 amide bonds. The van der Waals surface area contributed by atoms with Crippen molar-refractivity contribution < 1.29 is 13.2 Å². The molecule has 2 aromatic heterocycles. The van der Waals surface area contributed by atoms with E-state index in [9.17, 15) is 13.2 Å². The Hall–Kier alpha value is -2.18. The van der Waals surface area contributed by atoms with Gasteiger partial charge >= 0.3 is 6.18 Å². The Balaban J connectivity index is 2.08. The van der Waals surface area contributed by atoms with Crippen molar-refractivity contribution in [3.8, 4) is 11.5 Å². The first-order chi connectivity index (χ1) is 11.3. The summed E-state index contributed by atoms with van der Waals surface area (Å²) in [5.74, 6) is 0.742. The van der Waals surface area contributed by atoms with Gasteiger partial charge in [-0.05, 0) is 37.8 Å². The molecular weight excluding hydrogens is 317 g/mol. The number of pyridine rings is 1. The number of hydrogen-bond acceptors (Lipinski definition) is 4. The molecule has 1 fully saturated rings. The van der Waals surface area contributed by atoms with Gasteiger partial charge in [-0.3, -0.25) is 4.98 Å². The Morgan fingerprint density at radius 3 is 2.58 bits per heavy atom. The van der Waals surface area contributed by atoms with E-state index in [1.807, 2.05) is 11.8 Å². The van der Waals surface area contributed by atoms with Crippen LogP contribution in [0.25, 0.3) is 11.5 Å². The highest BCUT2D eigenvalue weighted by atomic mass is 19.4. The lowest BCUT2D eigenvalue weighted by Crippen LogP contribution is -2.41. The minimum Gasteiger partial charge on any atom is -0.354 e. The molecule has 24 heavy (non-hydrogen) atoms. The van der Waals surface area contributed by atoms with Gasteiger partial charge in [-0.25, -0.2) is 9.97 Å². The van der Waals surface area contributed by atoms with Crippen LogP contribution in [0.15, 0.2) is 30.5 Å². The van der Waals surface area contributed by atoms with Crippen LogP contribution in [0.3, 0.4) is 0 Å². The summed E-state index contributed by atoms with van der Waals surface area (Å²) >= 11 is 0. The topological polar surface area (TPSA) is 41.9 Å². The molecule has 1 saturated heterocycles. The fourth-order valence-electron chi connectivity index (χ4n) is 2.94. The van der Waals surface area contributed by atoms with Gasteiger partial charge < -0.3 is 4.90 Å². The molecule has 1 aliphatic heterocycles. The fourth-order valence-corrected chi connectivity index (χ4v) is 2.94. The van der Waals surface area contributed by atoms with Crippen molar-refractivity contribution in [3.05, 3.63) is 36.2 Å². The lowest BCUT2D eigenvalue weighted by Gasteiger charge is -2.38. The number of hydrogen-bond donors (Lipinski definition) is 0. The Labute approximate surface area is 138 Å². The minimum atomic E-state index is -4.52. The van der Waals surface area contributed by atoms with Crippen LogP contribution in [0.5, 0.6) is 0 Å². The molecule has 0 radical (unpaired) electrons. The van der Waals surface area contributed by atoms with E-state index in [1.165, 1.54) is 6.20 Å². The third-order valence-corrected chi connectivity index (χ3v) is 4.31. The quantitative estimate of drug-likeness (QED) is 0.825. The standard InChI is InChI=1S/C17H19F3N4/c1-11-6-7-12(2)24(10-11)15-9-14(17(18,19)20)22-16(23-15)13-5-3-4-8-21-13/h3-5,8-9,11-12H,6-7,10H2,1-2H3. The summed E-state index contributed by atoms with van der Waals surface area (Å²) in [6, 6.07) is 6.21. The number of halogens is 3. The Kier molecular flexibility index (Phi) is 4.43. The summed E-state index contributed by atoms with van der Waals surface area (Å²) in [4.78, 5) is 14.1. The predicted octanol–water partition coefficient (Wildman–Crippen LogP) is 4.18. The second-order valence-electron chi connectivity index (χ2n) is 6.33. The molecule has 3 heterocycles. The molecule has 0 saturated carbocycles. The van der Waals surface area contributed by atoms with Crippen LogP contribution in [0.4, 0.5) is 19.0 Å². The van der Waals surface area contributed by atoms with Crippen molar-refractivity contribution in [3.63, 3.8) is 0 Å². The maximum Gasteiger partial charge on any atom is 0.433 e. The molecule has 0 aromatic carbocycles. The maximum absolute atomic E-state index is 13.3. The van der Waals surface area contributed by atoms with Gasteiger partial charge in [0.2, 0.25) is 0 Å². The van der Waals surface area contributed by atoms with E-state index in [1.54, 1.807) is 18.2 Å². The van der Waals surface area contributed by atoms with Crippen LogP contribution in [-0.2, 0) is 6.18 Å². The second-order valence-corrected chi connectivity index (χ2v) is 6.33. The Bertz CT molecular complexity index is 703. The van der Waals surface area contributed by atoms with Crippen molar-refractivity contribution in [2.45, 2.75) is 38.9 Å². The molecule has 7 heteroatoms. The lowest BCUT2D eigenvalue weighted by molar-refractivity contribution is -0.141. The van der Waals surface area contributed by atoms with E-state index in [0.29, 0.717) is 24.0 Å². The summed E-state index contributed by atoms with van der Waals surface area (Å²) in [6.07, 6.45) is -0.997. The van der Waals surface area contributed by atoms with Crippen LogP contribution in [-0.4, -0.2) is 27.5 Å². The zero-order valence-electron chi connectivity index (χ0n) is 13.6. The van der Waals surface area contributed by atoms with Gasteiger partial charge in [0.1, 0.15) is 11.5 Å². The van der Waals surface area contributed by atoms with E-state index < -0.39 is 11.9 Å². The molecule has 2 unspecified atom stereocenters. The zero-order chi connectivity index (χ0) is 17.3. The highest BCUT2D eigenvalue weighted by Gasteiger charge is 2.35. The van der Waals surface area contributed by atoms with Gasteiger partial charge in [0.25, 0.3) is 0 Å². The van der Waals surface area contributed by atoms with E-state index in [-0.39, 0.29) is 11.9 Å². The number of rotatable bonds is 2. The first-order valence-corrected chi connectivity index (χ1v) is 7.99. The number of anilines is 1. The molecule has 0 N–H and O–H groups in total. The second kappa shape index (κ2) is 6.37. The molecule has 3 rings (SSSR count). The average Bonchev–Trinajstić information content (AvgIpc) is 2.56. The largest absolute Gasteiger partial charge is 0.433 e. The summed E-state index contributed by atoms with van der Waals surface area (Å²) < 4.78 is 39.8. The van der Waals surface area contributed by atoms with Gasteiger partial charge in [0, 0.05) is 24.8 Å². The number of alkyl halides is 3. The summed E-state index contributed by atoms with van der Waals surface area (Å²) in [5.41, 5.74) is -0.596. The molecule has 0 spiro atoms. The van der Waals surface area contributed by atoms with Gasteiger partial charge in [-0.15, -0.1) is 0 Å². The van der Waals surface area contributed by atoms with E-state index in [2.05, 4.69) is 21.9 Å². The number of piperidine rings is 1. The summed E-state index contributed by atoms with van der Waals surface area (Å²) in [7, 11) is 0. The van der Waals surface area contributed by atoms with E-state index >= 15 is 0 Å². The first kappa shape index (κ1) is 16.7. The van der Waals surface area contributed by atoms with Crippen LogP contribution in [0, 0.1) is 5.92 Å². The van der Waals surface area contributed by atoms with Gasteiger partial charge in [0.05, 0.1) is 0 Å². The van der Waals surface area contributed by atoms with Crippen molar-refractivity contribution >= 4 is 5.82 Å². The van der Waals surface area contributed by atoms with Crippen molar-refractivity contribution in [2.75, 3.05) is 11.4 Å². The highest BCUT2D eigenvalue weighted by Crippen LogP contribution is 2.33. The van der Waals surface area contributed by atoms with Crippen LogP contribution >= 0.6 is 0 Å². The maximum atomic E-state index is 13.3. The molecule has 2 atom stereocenters. The third-order valence-electron chi connectivity index (χ3n) is 4.31. The van der Waals surface area contributed by atoms with E-state index in [0.717, 1.165) is 18.9 Å². The van der Waals surface area contributed by atoms with Gasteiger partial charge in [-0.2, -0.15) is 13.2 Å². The van der Waals surface area contributed by atoms with Crippen LogP contribution in [0.2, 0.25) is 0 Å². The third kappa shape index (κ3) is 3.49. The van der Waals surface area contributed by atoms with Crippen LogP contribution in [0.1, 0.15) is 32.4 Å². The molecule has 0 bridgehead atoms. The smallest absolute Gasteiger partial charge is 0.354 e. The average molecular weight is 336 g/mol. The number of aromatic nitrogens is 3. The van der Waals surface area contributed by atoms with Gasteiger partial charge in [-0.1, -0.05) is 13.0 Å². The highest BCUT2D eigenvalue weighted by molar-refractivity contribution is 5.54. The van der Waals surface area contributed by atoms with Crippen molar-refractivity contribution in [1.29, 1.82) is 0 Å². The molecular formula is C17H19F3N4. The fraction of sp³-hybridized carbons (Fsp3) is 0.471. The summed E-state index contributed by atoms with van der Waals surface area (Å²) in [5, 5.41) is 0. The molecule has 0 aliphatic carbocycles.